The van der Waals surface area contributed by atoms with E-state index in [1.165, 1.54) is 19.3 Å². The summed E-state index contributed by atoms with van der Waals surface area (Å²) >= 11 is 0. The van der Waals surface area contributed by atoms with E-state index in [4.69, 9.17) is 10.5 Å². The van der Waals surface area contributed by atoms with Gasteiger partial charge in [-0.25, -0.2) is 0 Å². The predicted octanol–water partition coefficient (Wildman–Crippen LogP) is 3.37. The molecule has 0 heterocycles. The van der Waals surface area contributed by atoms with Crippen molar-refractivity contribution >= 4 is 11.6 Å². The topological polar surface area (TPSA) is 64.3 Å². The maximum absolute atomic E-state index is 11.8. The number of ether oxygens (including phenoxy) is 1. The lowest BCUT2D eigenvalue weighted by molar-refractivity contribution is -0.123. The van der Waals surface area contributed by atoms with Gasteiger partial charge in [0.2, 0.25) is 0 Å². The Bertz CT molecular complexity index is 444. The molecule has 0 spiro atoms. The molecular weight excluding hydrogens is 264 g/mol. The summed E-state index contributed by atoms with van der Waals surface area (Å²) in [5.74, 6) is 0.522. The standard InChI is InChI=1S/C17H28N2O2/c1-4-5-6-10-17(2,3)13-19-16(20)12-21-15-9-7-8-14(18)11-15/h7-9,11H,4-6,10,12-13,18H2,1-3H3,(H,19,20). The summed E-state index contributed by atoms with van der Waals surface area (Å²) < 4.78 is 5.42. The van der Waals surface area contributed by atoms with E-state index in [0.717, 1.165) is 6.42 Å². The number of nitrogens with two attached hydrogens (primary N) is 1. The smallest absolute Gasteiger partial charge is 0.257 e. The number of amides is 1. The zero-order valence-electron chi connectivity index (χ0n) is 13.4. The molecule has 3 N–H and O–H groups in total. The van der Waals surface area contributed by atoms with Gasteiger partial charge in [-0.2, -0.15) is 0 Å². The monoisotopic (exact) mass is 292 g/mol. The van der Waals surface area contributed by atoms with Crippen LogP contribution in [-0.4, -0.2) is 19.1 Å². The van der Waals surface area contributed by atoms with Gasteiger partial charge >= 0.3 is 0 Å². The van der Waals surface area contributed by atoms with Gasteiger partial charge in [0.05, 0.1) is 0 Å². The highest BCUT2D eigenvalue weighted by atomic mass is 16.5. The SMILES string of the molecule is CCCCCC(C)(C)CNC(=O)COc1cccc(N)c1. The Morgan fingerprint density at radius 1 is 1.33 bits per heavy atom. The third-order valence-corrected chi connectivity index (χ3v) is 3.45. The largest absolute Gasteiger partial charge is 0.484 e. The van der Waals surface area contributed by atoms with Crippen LogP contribution >= 0.6 is 0 Å². The molecule has 0 fully saturated rings. The number of nitrogen functional groups attached to an aromatic ring is 1. The molecule has 1 amide bonds. The molecule has 1 aromatic rings. The number of benzene rings is 1. The number of carbonyl (C=O) groups is 1. The van der Waals surface area contributed by atoms with Gasteiger partial charge in [-0.1, -0.05) is 46.1 Å². The average Bonchev–Trinajstić information content (AvgIpc) is 2.43. The van der Waals surface area contributed by atoms with Crippen LogP contribution in [0.1, 0.15) is 46.5 Å². The van der Waals surface area contributed by atoms with Crippen LogP contribution < -0.4 is 15.8 Å². The molecule has 0 aliphatic heterocycles. The van der Waals surface area contributed by atoms with Crippen molar-refractivity contribution in [3.63, 3.8) is 0 Å². The average molecular weight is 292 g/mol. The minimum atomic E-state index is -0.0963. The molecule has 21 heavy (non-hydrogen) atoms. The lowest BCUT2D eigenvalue weighted by Crippen LogP contribution is -2.36. The third-order valence-electron chi connectivity index (χ3n) is 3.45. The van der Waals surface area contributed by atoms with Crippen molar-refractivity contribution in [2.75, 3.05) is 18.9 Å². The highest BCUT2D eigenvalue weighted by molar-refractivity contribution is 5.77. The summed E-state index contributed by atoms with van der Waals surface area (Å²) in [5, 5.41) is 2.94. The number of hydrogen-bond donors (Lipinski definition) is 2. The van der Waals surface area contributed by atoms with Crippen LogP contribution in [0.2, 0.25) is 0 Å². The zero-order chi connectivity index (χ0) is 15.7. The van der Waals surface area contributed by atoms with Crippen molar-refractivity contribution in [1.29, 1.82) is 0 Å². The Morgan fingerprint density at radius 3 is 2.76 bits per heavy atom. The Kier molecular flexibility index (Phi) is 7.06. The first-order valence-electron chi connectivity index (χ1n) is 7.68. The van der Waals surface area contributed by atoms with Crippen LogP contribution in [0.4, 0.5) is 5.69 Å². The molecule has 0 bridgehead atoms. The van der Waals surface area contributed by atoms with Crippen LogP contribution in [0.3, 0.4) is 0 Å². The molecule has 0 atom stereocenters. The normalized spacial score (nSPS) is 11.2. The molecular formula is C17H28N2O2. The molecule has 118 valence electrons. The van der Waals surface area contributed by atoms with Gasteiger partial charge in [0.25, 0.3) is 5.91 Å². The molecule has 0 unspecified atom stereocenters. The molecule has 0 radical (unpaired) electrons. The quantitative estimate of drug-likeness (QED) is 0.542. The van der Waals surface area contributed by atoms with Crippen molar-refractivity contribution in [3.05, 3.63) is 24.3 Å². The van der Waals surface area contributed by atoms with Crippen molar-refractivity contribution in [3.8, 4) is 5.75 Å². The summed E-state index contributed by atoms with van der Waals surface area (Å²) in [6, 6.07) is 7.09. The molecule has 1 aromatic carbocycles. The summed E-state index contributed by atoms with van der Waals surface area (Å²) in [6.45, 7) is 7.26. The maximum atomic E-state index is 11.8. The Labute approximate surface area is 128 Å². The molecule has 0 aromatic heterocycles. The first-order valence-corrected chi connectivity index (χ1v) is 7.68. The van der Waals surface area contributed by atoms with Gasteiger partial charge in [-0.05, 0) is 24.0 Å². The molecule has 0 aliphatic rings. The second kappa shape index (κ2) is 8.55. The summed E-state index contributed by atoms with van der Waals surface area (Å²) in [5.41, 5.74) is 6.41. The third kappa shape index (κ3) is 7.59. The van der Waals surface area contributed by atoms with Crippen LogP contribution in [-0.2, 0) is 4.79 Å². The number of carbonyl (C=O) groups excluding carboxylic acids is 1. The lowest BCUT2D eigenvalue weighted by Gasteiger charge is -2.25. The first-order chi connectivity index (χ1) is 9.93. The number of hydrogen-bond acceptors (Lipinski definition) is 3. The van der Waals surface area contributed by atoms with E-state index in [1.54, 1.807) is 24.3 Å². The Morgan fingerprint density at radius 2 is 2.10 bits per heavy atom. The van der Waals surface area contributed by atoms with Crippen molar-refractivity contribution in [2.45, 2.75) is 46.5 Å². The van der Waals surface area contributed by atoms with E-state index in [9.17, 15) is 4.79 Å². The van der Waals surface area contributed by atoms with E-state index in [2.05, 4.69) is 26.1 Å². The highest BCUT2D eigenvalue weighted by Crippen LogP contribution is 2.22. The van der Waals surface area contributed by atoms with Crippen molar-refractivity contribution < 1.29 is 9.53 Å². The highest BCUT2D eigenvalue weighted by Gasteiger charge is 2.18. The van der Waals surface area contributed by atoms with Gasteiger partial charge in [-0.15, -0.1) is 0 Å². The summed E-state index contributed by atoms with van der Waals surface area (Å²) in [4.78, 5) is 11.8. The molecule has 0 aliphatic carbocycles. The van der Waals surface area contributed by atoms with Gasteiger partial charge < -0.3 is 15.8 Å². The number of unbranched alkanes of at least 4 members (excludes halogenated alkanes) is 2. The first kappa shape index (κ1) is 17.3. The second-order valence-electron chi connectivity index (χ2n) is 6.26. The maximum Gasteiger partial charge on any atom is 0.257 e. The fraction of sp³-hybridized carbons (Fsp3) is 0.588. The van der Waals surface area contributed by atoms with Gasteiger partial charge in [0.15, 0.2) is 6.61 Å². The molecule has 0 saturated heterocycles. The van der Waals surface area contributed by atoms with Crippen LogP contribution in [0, 0.1) is 5.41 Å². The Hall–Kier alpha value is -1.71. The lowest BCUT2D eigenvalue weighted by atomic mass is 9.87. The fourth-order valence-electron chi connectivity index (χ4n) is 2.08. The van der Waals surface area contributed by atoms with E-state index >= 15 is 0 Å². The fourth-order valence-corrected chi connectivity index (χ4v) is 2.08. The van der Waals surface area contributed by atoms with E-state index in [0.29, 0.717) is 18.0 Å². The van der Waals surface area contributed by atoms with E-state index in [1.807, 2.05) is 0 Å². The second-order valence-corrected chi connectivity index (χ2v) is 6.26. The molecule has 1 rings (SSSR count). The minimum absolute atomic E-state index is 0.0223. The van der Waals surface area contributed by atoms with Gasteiger partial charge in [0.1, 0.15) is 5.75 Å². The number of anilines is 1. The van der Waals surface area contributed by atoms with Gasteiger partial charge in [-0.3, -0.25) is 4.79 Å². The minimum Gasteiger partial charge on any atom is -0.484 e. The van der Waals surface area contributed by atoms with Gasteiger partial charge in [0, 0.05) is 18.3 Å². The van der Waals surface area contributed by atoms with Crippen LogP contribution in [0.5, 0.6) is 5.75 Å². The Balaban J connectivity index is 2.27. The molecule has 4 heteroatoms. The summed E-state index contributed by atoms with van der Waals surface area (Å²) in [7, 11) is 0. The molecule has 0 saturated carbocycles. The van der Waals surface area contributed by atoms with Crippen molar-refractivity contribution in [2.24, 2.45) is 5.41 Å². The molecule has 4 nitrogen and oxygen atoms in total. The van der Waals surface area contributed by atoms with E-state index in [-0.39, 0.29) is 17.9 Å². The van der Waals surface area contributed by atoms with Crippen LogP contribution in [0.15, 0.2) is 24.3 Å². The van der Waals surface area contributed by atoms with Crippen molar-refractivity contribution in [1.82, 2.24) is 5.32 Å². The zero-order valence-corrected chi connectivity index (χ0v) is 13.4. The van der Waals surface area contributed by atoms with E-state index < -0.39 is 0 Å². The van der Waals surface area contributed by atoms with Crippen LogP contribution in [0.25, 0.3) is 0 Å². The summed E-state index contributed by atoms with van der Waals surface area (Å²) in [6.07, 6.45) is 4.79. The number of rotatable bonds is 9. The predicted molar refractivity (Wildman–Crippen MR) is 87.3 cm³/mol. The number of nitrogens with one attached hydrogen (secondary N) is 1.